The summed E-state index contributed by atoms with van der Waals surface area (Å²) in [4.78, 5) is 0. The highest BCUT2D eigenvalue weighted by Gasteiger charge is 2.47. The summed E-state index contributed by atoms with van der Waals surface area (Å²) < 4.78 is 0. The third-order valence-electron chi connectivity index (χ3n) is 2.20. The molecule has 1 aromatic heterocycles. The molecule has 1 saturated carbocycles. The van der Waals surface area contributed by atoms with Crippen molar-refractivity contribution >= 4 is 23.2 Å². The summed E-state index contributed by atoms with van der Waals surface area (Å²) >= 11 is 11.5. The van der Waals surface area contributed by atoms with Crippen molar-refractivity contribution in [3.05, 3.63) is 21.9 Å². The van der Waals surface area contributed by atoms with Crippen molar-refractivity contribution in [1.29, 1.82) is 5.26 Å². The van der Waals surface area contributed by atoms with E-state index in [0.29, 0.717) is 5.56 Å². The van der Waals surface area contributed by atoms with Gasteiger partial charge in [0.2, 0.25) is 0 Å². The molecule has 1 aliphatic carbocycles. The van der Waals surface area contributed by atoms with Crippen LogP contribution in [0.25, 0.3) is 0 Å². The van der Waals surface area contributed by atoms with Gasteiger partial charge >= 0.3 is 0 Å². The van der Waals surface area contributed by atoms with Gasteiger partial charge in [-0.3, -0.25) is 0 Å². The minimum atomic E-state index is -0.448. The lowest BCUT2D eigenvalue weighted by Crippen LogP contribution is -2.05. The first kappa shape index (κ1) is 8.74. The average molecular weight is 214 g/mol. The van der Waals surface area contributed by atoms with Crippen molar-refractivity contribution in [2.75, 3.05) is 0 Å². The van der Waals surface area contributed by atoms with Gasteiger partial charge in [-0.25, -0.2) is 0 Å². The molecule has 5 heteroatoms. The molecule has 0 spiro atoms. The minimum absolute atomic E-state index is 0.279. The molecule has 3 nitrogen and oxygen atoms in total. The van der Waals surface area contributed by atoms with Gasteiger partial charge in [-0.05, 0) is 18.9 Å². The van der Waals surface area contributed by atoms with E-state index in [1.165, 1.54) is 0 Å². The Hall–Kier alpha value is -0.850. The third kappa shape index (κ3) is 1.37. The number of hydrogen-bond acceptors (Lipinski definition) is 3. The fourth-order valence-corrected chi connectivity index (χ4v) is 1.68. The molecule has 0 aromatic carbocycles. The summed E-state index contributed by atoms with van der Waals surface area (Å²) in [6, 6.07) is 3.84. The smallest absolute Gasteiger partial charge is 0.156 e. The van der Waals surface area contributed by atoms with Gasteiger partial charge in [0.15, 0.2) is 10.3 Å². The number of rotatable bonds is 1. The largest absolute Gasteiger partial charge is 0.197 e. The van der Waals surface area contributed by atoms with E-state index in [2.05, 4.69) is 16.3 Å². The molecule has 0 N–H and O–H groups in total. The van der Waals surface area contributed by atoms with Gasteiger partial charge in [-0.1, -0.05) is 23.2 Å². The predicted molar refractivity (Wildman–Crippen MR) is 48.6 cm³/mol. The number of nitriles is 1. The second-order valence-corrected chi connectivity index (χ2v) is 3.81. The minimum Gasteiger partial charge on any atom is -0.197 e. The molecule has 13 heavy (non-hydrogen) atoms. The number of halogens is 2. The Labute approximate surface area is 85.3 Å². The number of aromatic nitrogens is 2. The standard InChI is InChI=1S/C8H5Cl2N3/c9-6-3-5(7(10)13-12-6)8(4-11)1-2-8/h3H,1-2H2. The summed E-state index contributed by atoms with van der Waals surface area (Å²) in [6.45, 7) is 0. The Balaban J connectivity index is 2.52. The Morgan fingerprint density at radius 3 is 2.62 bits per heavy atom. The van der Waals surface area contributed by atoms with Gasteiger partial charge < -0.3 is 0 Å². The Kier molecular flexibility index (Phi) is 1.90. The first-order valence-corrected chi connectivity index (χ1v) is 4.54. The summed E-state index contributed by atoms with van der Waals surface area (Å²) in [7, 11) is 0. The summed E-state index contributed by atoms with van der Waals surface area (Å²) in [5.74, 6) is 0. The molecule has 0 unspecified atom stereocenters. The van der Waals surface area contributed by atoms with Crippen LogP contribution >= 0.6 is 23.2 Å². The monoisotopic (exact) mass is 213 g/mol. The summed E-state index contributed by atoms with van der Waals surface area (Å²) in [6.07, 6.45) is 1.65. The second kappa shape index (κ2) is 2.83. The van der Waals surface area contributed by atoms with E-state index in [-0.39, 0.29) is 10.3 Å². The lowest BCUT2D eigenvalue weighted by molar-refractivity contribution is 0.872. The molecule has 1 aliphatic rings. The Morgan fingerprint density at radius 1 is 1.38 bits per heavy atom. The second-order valence-electron chi connectivity index (χ2n) is 3.07. The molecule has 0 bridgehead atoms. The van der Waals surface area contributed by atoms with Crippen molar-refractivity contribution in [2.24, 2.45) is 0 Å². The average Bonchev–Trinajstić information content (AvgIpc) is 2.90. The number of nitrogens with zero attached hydrogens (tertiary/aromatic N) is 3. The molecule has 1 aromatic rings. The fraction of sp³-hybridized carbons (Fsp3) is 0.375. The van der Waals surface area contributed by atoms with E-state index in [1.54, 1.807) is 6.07 Å². The molecule has 0 aliphatic heterocycles. The highest BCUT2D eigenvalue weighted by atomic mass is 35.5. The van der Waals surface area contributed by atoms with Crippen LogP contribution in [0.1, 0.15) is 18.4 Å². The Bertz CT molecular complexity index is 393. The highest BCUT2D eigenvalue weighted by Crippen LogP contribution is 2.49. The van der Waals surface area contributed by atoms with Crippen LogP contribution in [0.2, 0.25) is 10.3 Å². The van der Waals surface area contributed by atoms with E-state index >= 15 is 0 Å². The van der Waals surface area contributed by atoms with Crippen molar-refractivity contribution < 1.29 is 0 Å². The normalized spacial score (nSPS) is 17.9. The number of hydrogen-bond donors (Lipinski definition) is 0. The summed E-state index contributed by atoms with van der Waals surface area (Å²) in [5, 5.41) is 16.7. The lowest BCUT2D eigenvalue weighted by Gasteiger charge is -2.06. The zero-order chi connectivity index (χ0) is 9.47. The van der Waals surface area contributed by atoms with Gasteiger partial charge in [0, 0.05) is 5.56 Å². The molecule has 66 valence electrons. The molecule has 0 amide bonds. The molecule has 0 saturated heterocycles. The maximum Gasteiger partial charge on any atom is 0.156 e. The van der Waals surface area contributed by atoms with E-state index in [0.717, 1.165) is 12.8 Å². The van der Waals surface area contributed by atoms with Gasteiger partial charge in [0.1, 0.15) is 0 Å². The topological polar surface area (TPSA) is 49.6 Å². The van der Waals surface area contributed by atoms with Crippen LogP contribution in [-0.4, -0.2) is 10.2 Å². The third-order valence-corrected chi connectivity index (χ3v) is 2.66. The van der Waals surface area contributed by atoms with E-state index in [9.17, 15) is 0 Å². The van der Waals surface area contributed by atoms with Crippen LogP contribution in [-0.2, 0) is 5.41 Å². The summed E-state index contributed by atoms with van der Waals surface area (Å²) in [5.41, 5.74) is 0.257. The maximum atomic E-state index is 8.93. The lowest BCUT2D eigenvalue weighted by atomic mass is 10.0. The van der Waals surface area contributed by atoms with Crippen molar-refractivity contribution in [3.63, 3.8) is 0 Å². The van der Waals surface area contributed by atoms with E-state index < -0.39 is 5.41 Å². The van der Waals surface area contributed by atoms with Crippen molar-refractivity contribution in [2.45, 2.75) is 18.3 Å². The van der Waals surface area contributed by atoms with Crippen molar-refractivity contribution in [1.82, 2.24) is 10.2 Å². The zero-order valence-electron chi connectivity index (χ0n) is 6.59. The maximum absolute atomic E-state index is 8.93. The van der Waals surface area contributed by atoms with Gasteiger partial charge in [0.25, 0.3) is 0 Å². The Morgan fingerprint density at radius 2 is 2.08 bits per heavy atom. The SMILES string of the molecule is N#CC1(c2cc(Cl)nnc2Cl)CC1. The van der Waals surface area contributed by atoms with Crippen LogP contribution in [0, 0.1) is 11.3 Å². The predicted octanol–water partition coefficient (Wildman–Crippen LogP) is 2.34. The van der Waals surface area contributed by atoms with Gasteiger partial charge in [-0.15, -0.1) is 10.2 Å². The quantitative estimate of drug-likeness (QED) is 0.720. The molecular formula is C8H5Cl2N3. The van der Waals surface area contributed by atoms with Gasteiger partial charge in [-0.2, -0.15) is 5.26 Å². The zero-order valence-corrected chi connectivity index (χ0v) is 8.10. The molecule has 0 atom stereocenters. The first-order chi connectivity index (χ1) is 6.18. The van der Waals surface area contributed by atoms with Crippen molar-refractivity contribution in [3.8, 4) is 6.07 Å². The molecule has 2 rings (SSSR count). The van der Waals surface area contributed by atoms with Crippen LogP contribution in [0.3, 0.4) is 0 Å². The first-order valence-electron chi connectivity index (χ1n) is 3.78. The van der Waals surface area contributed by atoms with Crippen LogP contribution in [0.4, 0.5) is 0 Å². The van der Waals surface area contributed by atoms with Crippen LogP contribution < -0.4 is 0 Å². The van der Waals surface area contributed by atoms with Crippen LogP contribution in [0.15, 0.2) is 6.07 Å². The van der Waals surface area contributed by atoms with E-state index in [1.807, 2.05) is 0 Å². The molecule has 1 heterocycles. The van der Waals surface area contributed by atoms with Crippen LogP contribution in [0.5, 0.6) is 0 Å². The fourth-order valence-electron chi connectivity index (χ4n) is 1.26. The molecule has 0 radical (unpaired) electrons. The highest BCUT2D eigenvalue weighted by molar-refractivity contribution is 6.31. The molecule has 1 fully saturated rings. The van der Waals surface area contributed by atoms with E-state index in [4.69, 9.17) is 28.5 Å². The molecular weight excluding hydrogens is 209 g/mol. The van der Waals surface area contributed by atoms with Gasteiger partial charge in [0.05, 0.1) is 11.5 Å².